The van der Waals surface area contributed by atoms with E-state index in [1.165, 1.54) is 58.3 Å². The largest absolute Gasteiger partial charge is 0.379 e. The first kappa shape index (κ1) is 20.0. The first-order valence-electron chi connectivity index (χ1n) is 12.4. The van der Waals surface area contributed by atoms with E-state index in [0.29, 0.717) is 6.04 Å². The lowest BCUT2D eigenvalue weighted by Crippen LogP contribution is -2.62. The summed E-state index contributed by atoms with van der Waals surface area (Å²) in [6.45, 7) is 6.64. The summed E-state index contributed by atoms with van der Waals surface area (Å²) in [6.07, 6.45) is 7.67. The van der Waals surface area contributed by atoms with Gasteiger partial charge in [-0.3, -0.25) is 4.99 Å². The Bertz CT molecular complexity index is 847. The summed E-state index contributed by atoms with van der Waals surface area (Å²) in [7, 11) is 2.21. The molecule has 168 valence electrons. The summed E-state index contributed by atoms with van der Waals surface area (Å²) in [5.41, 5.74) is 2.00. The van der Waals surface area contributed by atoms with Crippen molar-refractivity contribution >= 4 is 17.2 Å². The molecule has 1 aromatic carbocycles. The van der Waals surface area contributed by atoms with Crippen molar-refractivity contribution in [1.29, 1.82) is 0 Å². The van der Waals surface area contributed by atoms with Crippen LogP contribution in [0.25, 0.3) is 0 Å². The number of hydrogen-bond acceptors (Lipinski definition) is 4. The minimum Gasteiger partial charge on any atom is -0.379 e. The molecule has 6 aliphatic rings. The van der Waals surface area contributed by atoms with Crippen molar-refractivity contribution in [1.82, 2.24) is 9.80 Å². The van der Waals surface area contributed by atoms with Crippen LogP contribution in [-0.4, -0.2) is 68.0 Å². The van der Waals surface area contributed by atoms with Crippen molar-refractivity contribution in [3.8, 4) is 0 Å². The fourth-order valence-corrected chi connectivity index (χ4v) is 7.56. The van der Waals surface area contributed by atoms with Gasteiger partial charge in [0.05, 0.1) is 11.4 Å². The van der Waals surface area contributed by atoms with E-state index >= 15 is 0 Å². The molecule has 6 heteroatoms. The standard InChI is InChI=1S/C25H36FN5/c1-30-7-9-31(10-8-30)6-2-5-27-24-25-15-17-11-18(16-25)13-19(12-17)23(25)28-21-4-3-20(26)14-22(21)29-24/h3-4,14,17-19,23,28H,2,5-13,15-16H2,1H3,(H,27,29). The first-order valence-corrected chi connectivity index (χ1v) is 12.4. The number of hydrogen-bond donors (Lipinski definition) is 2. The van der Waals surface area contributed by atoms with Crippen molar-refractivity contribution in [2.75, 3.05) is 56.9 Å². The molecule has 1 spiro atoms. The monoisotopic (exact) mass is 425 g/mol. The second-order valence-corrected chi connectivity index (χ2v) is 10.9. The van der Waals surface area contributed by atoms with Gasteiger partial charge in [-0.25, -0.2) is 4.39 Å². The lowest BCUT2D eigenvalue weighted by molar-refractivity contribution is -0.0244. The molecule has 0 aromatic heterocycles. The molecular formula is C25H36FN5. The number of nitrogens with one attached hydrogen (secondary N) is 2. The number of piperazine rings is 1. The average molecular weight is 426 g/mol. The molecule has 4 aliphatic carbocycles. The summed E-state index contributed by atoms with van der Waals surface area (Å²) in [6, 6.07) is 5.55. The molecule has 3 atom stereocenters. The number of anilines is 2. The molecule has 4 bridgehead atoms. The Morgan fingerprint density at radius 3 is 2.61 bits per heavy atom. The van der Waals surface area contributed by atoms with E-state index in [-0.39, 0.29) is 11.2 Å². The van der Waals surface area contributed by atoms with E-state index in [1.807, 2.05) is 6.07 Å². The Kier molecular flexibility index (Phi) is 4.98. The van der Waals surface area contributed by atoms with Crippen LogP contribution in [0.4, 0.5) is 15.8 Å². The smallest absolute Gasteiger partial charge is 0.125 e. The molecule has 31 heavy (non-hydrogen) atoms. The molecule has 7 rings (SSSR count). The maximum atomic E-state index is 14.1. The molecule has 4 saturated carbocycles. The number of fused-ring (bicyclic) bond motifs is 1. The second-order valence-electron chi connectivity index (χ2n) is 10.9. The maximum Gasteiger partial charge on any atom is 0.125 e. The topological polar surface area (TPSA) is 42.9 Å². The van der Waals surface area contributed by atoms with Crippen LogP contribution in [0.1, 0.15) is 38.5 Å². The average Bonchev–Trinajstić information content (AvgIpc) is 2.87. The number of likely N-dealkylation sites (N-methyl/N-ethyl adjacent to an activating group) is 1. The number of amidine groups is 1. The Morgan fingerprint density at radius 2 is 1.84 bits per heavy atom. The molecule has 2 heterocycles. The fourth-order valence-electron chi connectivity index (χ4n) is 7.56. The van der Waals surface area contributed by atoms with Crippen LogP contribution in [-0.2, 0) is 0 Å². The third-order valence-electron chi connectivity index (χ3n) is 8.83. The van der Waals surface area contributed by atoms with Crippen LogP contribution in [0.2, 0.25) is 0 Å². The van der Waals surface area contributed by atoms with Crippen molar-refractivity contribution in [3.63, 3.8) is 0 Å². The molecule has 2 aliphatic heterocycles. The number of rotatable bonds is 4. The van der Waals surface area contributed by atoms with Crippen molar-refractivity contribution in [2.45, 2.75) is 44.6 Å². The van der Waals surface area contributed by atoms with Gasteiger partial charge in [-0.15, -0.1) is 0 Å². The number of halogens is 1. The van der Waals surface area contributed by atoms with Crippen LogP contribution in [0.5, 0.6) is 0 Å². The van der Waals surface area contributed by atoms with Crippen molar-refractivity contribution in [3.05, 3.63) is 24.0 Å². The SMILES string of the molecule is CN1CCN(CCCN=C2Nc3cc(F)ccc3NC3C4CC5CC(C4)CC23C5)CC1. The van der Waals surface area contributed by atoms with E-state index < -0.39 is 0 Å². The van der Waals surface area contributed by atoms with E-state index in [4.69, 9.17) is 4.99 Å². The Balaban J connectivity index is 1.25. The van der Waals surface area contributed by atoms with E-state index in [9.17, 15) is 4.39 Å². The zero-order valence-electron chi connectivity index (χ0n) is 18.7. The number of nitrogens with zero attached hydrogens (tertiary/aromatic N) is 3. The van der Waals surface area contributed by atoms with E-state index in [0.717, 1.165) is 54.5 Å². The Hall–Kier alpha value is -1.66. The lowest BCUT2D eigenvalue weighted by atomic mass is 9.47. The van der Waals surface area contributed by atoms with Crippen molar-refractivity contribution in [2.24, 2.45) is 28.2 Å². The highest BCUT2D eigenvalue weighted by atomic mass is 19.1. The van der Waals surface area contributed by atoms with Gasteiger partial charge in [0.2, 0.25) is 0 Å². The molecule has 5 nitrogen and oxygen atoms in total. The summed E-state index contributed by atoms with van der Waals surface area (Å²) < 4.78 is 14.1. The zero-order valence-corrected chi connectivity index (χ0v) is 18.7. The molecule has 2 N–H and O–H groups in total. The summed E-state index contributed by atoms with van der Waals surface area (Å²) in [5.74, 6) is 3.36. The number of benzene rings is 1. The van der Waals surface area contributed by atoms with Gasteiger partial charge in [-0.1, -0.05) is 0 Å². The zero-order chi connectivity index (χ0) is 21.0. The van der Waals surface area contributed by atoms with Crippen LogP contribution < -0.4 is 10.6 Å². The van der Waals surface area contributed by atoms with Crippen LogP contribution in [0.3, 0.4) is 0 Å². The normalized spacial score (nSPS) is 38.3. The summed E-state index contributed by atoms with van der Waals surface area (Å²) in [5, 5.41) is 7.53. The molecule has 5 fully saturated rings. The second kappa shape index (κ2) is 7.73. The molecule has 0 radical (unpaired) electrons. The predicted molar refractivity (Wildman–Crippen MR) is 124 cm³/mol. The highest BCUT2D eigenvalue weighted by molar-refractivity contribution is 6.04. The van der Waals surface area contributed by atoms with Gasteiger partial charge >= 0.3 is 0 Å². The minimum atomic E-state index is -0.185. The fraction of sp³-hybridized carbons (Fsp3) is 0.720. The van der Waals surface area contributed by atoms with Gasteiger partial charge < -0.3 is 20.4 Å². The van der Waals surface area contributed by atoms with Gasteiger partial charge in [-0.2, -0.15) is 0 Å². The predicted octanol–water partition coefficient (Wildman–Crippen LogP) is 3.89. The molecule has 1 aromatic rings. The van der Waals surface area contributed by atoms with Gasteiger partial charge in [0, 0.05) is 44.2 Å². The van der Waals surface area contributed by atoms with Gasteiger partial charge in [0.25, 0.3) is 0 Å². The third-order valence-corrected chi connectivity index (χ3v) is 8.83. The molecule has 0 amide bonds. The maximum absolute atomic E-state index is 14.1. The van der Waals surface area contributed by atoms with Gasteiger partial charge in [-0.05, 0) is 88.1 Å². The van der Waals surface area contributed by atoms with E-state index in [2.05, 4.69) is 27.5 Å². The van der Waals surface area contributed by atoms with Gasteiger partial charge in [0.1, 0.15) is 11.7 Å². The minimum absolute atomic E-state index is 0.0953. The quantitative estimate of drug-likeness (QED) is 0.719. The van der Waals surface area contributed by atoms with Crippen LogP contribution in [0, 0.1) is 29.0 Å². The third kappa shape index (κ3) is 3.56. The van der Waals surface area contributed by atoms with E-state index in [1.54, 1.807) is 12.1 Å². The lowest BCUT2D eigenvalue weighted by Gasteiger charge is -2.60. The van der Waals surface area contributed by atoms with Crippen LogP contribution in [0.15, 0.2) is 23.2 Å². The highest BCUT2D eigenvalue weighted by Gasteiger charge is 2.60. The van der Waals surface area contributed by atoms with Gasteiger partial charge in [0.15, 0.2) is 0 Å². The number of aliphatic imine (C=N–C) groups is 1. The first-order chi connectivity index (χ1) is 15.1. The highest BCUT2D eigenvalue weighted by Crippen LogP contribution is 2.62. The summed E-state index contributed by atoms with van der Waals surface area (Å²) >= 11 is 0. The molecule has 3 unspecified atom stereocenters. The summed E-state index contributed by atoms with van der Waals surface area (Å²) in [4.78, 5) is 10.2. The Morgan fingerprint density at radius 1 is 1.06 bits per heavy atom. The molecular weight excluding hydrogens is 389 g/mol. The van der Waals surface area contributed by atoms with Crippen molar-refractivity contribution < 1.29 is 4.39 Å². The molecule has 1 saturated heterocycles. The Labute approximate surface area is 185 Å². The van der Waals surface area contributed by atoms with Crippen LogP contribution >= 0.6 is 0 Å².